The minimum atomic E-state index is -0.0662. The van der Waals surface area contributed by atoms with Crippen LogP contribution in [0.4, 0.5) is 0 Å². The molecule has 0 fully saturated rings. The van der Waals surface area contributed by atoms with Crippen molar-refractivity contribution in [2.45, 2.75) is 296 Å². The summed E-state index contributed by atoms with van der Waals surface area (Å²) in [6.45, 7) is 5.04. The standard InChI is InChI=1S/C48H98O2/c1-3-4-5-6-7-8-9-10-11-12-13-14-17-20-23-26-29-32-35-38-41-44-48(50)46-47(2)43-40-37-34-31-28-25-22-19-16-15-18-21-24-27-30-33-36-39-42-45-49/h47-50H,3-46H2,1-2H3. The van der Waals surface area contributed by atoms with Crippen molar-refractivity contribution in [1.82, 2.24) is 0 Å². The Kier molecular flexibility index (Phi) is 45.0. The van der Waals surface area contributed by atoms with Crippen LogP contribution in [-0.4, -0.2) is 22.9 Å². The van der Waals surface area contributed by atoms with Gasteiger partial charge in [-0.05, 0) is 25.2 Å². The molecule has 0 bridgehead atoms. The van der Waals surface area contributed by atoms with E-state index in [9.17, 15) is 5.11 Å². The molecule has 2 N–H and O–H groups in total. The molecule has 50 heavy (non-hydrogen) atoms. The summed E-state index contributed by atoms with van der Waals surface area (Å²) < 4.78 is 0. The predicted molar refractivity (Wildman–Crippen MR) is 226 cm³/mol. The van der Waals surface area contributed by atoms with Gasteiger partial charge in [-0.3, -0.25) is 0 Å². The molecule has 0 spiro atoms. The lowest BCUT2D eigenvalue weighted by Crippen LogP contribution is -2.11. The molecule has 0 saturated heterocycles. The molecular weight excluding hydrogens is 609 g/mol. The molecule has 0 aliphatic rings. The van der Waals surface area contributed by atoms with Gasteiger partial charge in [0.05, 0.1) is 6.10 Å². The van der Waals surface area contributed by atoms with Crippen LogP contribution in [0.25, 0.3) is 0 Å². The Labute approximate surface area is 317 Å². The molecule has 0 aliphatic carbocycles. The zero-order valence-corrected chi connectivity index (χ0v) is 35.2. The molecular formula is C48H98O2. The van der Waals surface area contributed by atoms with Crippen molar-refractivity contribution in [3.63, 3.8) is 0 Å². The van der Waals surface area contributed by atoms with Gasteiger partial charge in [-0.1, -0.05) is 271 Å². The van der Waals surface area contributed by atoms with Crippen LogP contribution in [0, 0.1) is 5.92 Å². The minimum absolute atomic E-state index is 0.0662. The van der Waals surface area contributed by atoms with Gasteiger partial charge in [0, 0.05) is 6.61 Å². The molecule has 0 aromatic carbocycles. The van der Waals surface area contributed by atoms with E-state index < -0.39 is 0 Å². The molecule has 0 amide bonds. The molecule has 0 aliphatic heterocycles. The third kappa shape index (κ3) is 44.1. The molecule has 2 unspecified atom stereocenters. The van der Waals surface area contributed by atoms with E-state index in [0.29, 0.717) is 12.5 Å². The van der Waals surface area contributed by atoms with Crippen LogP contribution in [0.1, 0.15) is 290 Å². The first-order valence-electron chi connectivity index (χ1n) is 24.0. The summed E-state index contributed by atoms with van der Waals surface area (Å²) in [4.78, 5) is 0. The Morgan fingerprint density at radius 2 is 0.520 bits per heavy atom. The van der Waals surface area contributed by atoms with Crippen LogP contribution in [0.15, 0.2) is 0 Å². The van der Waals surface area contributed by atoms with E-state index in [1.807, 2.05) is 0 Å². The highest BCUT2D eigenvalue weighted by Crippen LogP contribution is 2.21. The smallest absolute Gasteiger partial charge is 0.0542 e. The first-order chi connectivity index (χ1) is 24.7. The first-order valence-corrected chi connectivity index (χ1v) is 24.0. The Morgan fingerprint density at radius 3 is 0.780 bits per heavy atom. The van der Waals surface area contributed by atoms with E-state index in [4.69, 9.17) is 5.11 Å². The van der Waals surface area contributed by atoms with E-state index in [0.717, 1.165) is 19.3 Å². The number of hydrogen-bond donors (Lipinski definition) is 2. The van der Waals surface area contributed by atoms with Gasteiger partial charge in [0.25, 0.3) is 0 Å². The first kappa shape index (κ1) is 49.9. The zero-order valence-electron chi connectivity index (χ0n) is 35.2. The van der Waals surface area contributed by atoms with Crippen molar-refractivity contribution in [3.05, 3.63) is 0 Å². The third-order valence-corrected chi connectivity index (χ3v) is 11.7. The van der Waals surface area contributed by atoms with E-state index in [1.54, 1.807) is 0 Å². The van der Waals surface area contributed by atoms with Crippen LogP contribution in [0.2, 0.25) is 0 Å². The van der Waals surface area contributed by atoms with Crippen LogP contribution in [-0.2, 0) is 0 Å². The van der Waals surface area contributed by atoms with Gasteiger partial charge in [-0.25, -0.2) is 0 Å². The maximum atomic E-state index is 10.5. The Bertz CT molecular complexity index is 577. The van der Waals surface area contributed by atoms with E-state index >= 15 is 0 Å². The Morgan fingerprint density at radius 1 is 0.300 bits per heavy atom. The SMILES string of the molecule is CCCCCCCCCCCCCCCCCCCCCCCC(O)CC(C)CCCCCCCCCCCCCCCCCCCCCO. The summed E-state index contributed by atoms with van der Waals surface area (Å²) in [6, 6.07) is 0. The van der Waals surface area contributed by atoms with Crippen molar-refractivity contribution >= 4 is 0 Å². The molecule has 2 atom stereocenters. The zero-order chi connectivity index (χ0) is 36.3. The minimum Gasteiger partial charge on any atom is -0.396 e. The topological polar surface area (TPSA) is 40.5 Å². The van der Waals surface area contributed by atoms with Gasteiger partial charge in [0.1, 0.15) is 0 Å². The molecule has 0 heterocycles. The fourth-order valence-electron chi connectivity index (χ4n) is 8.12. The Hall–Kier alpha value is -0.0800. The van der Waals surface area contributed by atoms with Gasteiger partial charge >= 0.3 is 0 Å². The normalized spacial score (nSPS) is 13.0. The number of rotatable bonds is 45. The van der Waals surface area contributed by atoms with Crippen LogP contribution >= 0.6 is 0 Å². The molecule has 0 saturated carbocycles. The van der Waals surface area contributed by atoms with E-state index in [1.165, 1.54) is 257 Å². The van der Waals surface area contributed by atoms with Crippen molar-refractivity contribution in [3.8, 4) is 0 Å². The number of unbranched alkanes of at least 4 members (excludes halogenated alkanes) is 38. The molecule has 302 valence electrons. The fraction of sp³-hybridized carbons (Fsp3) is 1.00. The highest BCUT2D eigenvalue weighted by molar-refractivity contribution is 4.63. The maximum Gasteiger partial charge on any atom is 0.0542 e. The van der Waals surface area contributed by atoms with Gasteiger partial charge < -0.3 is 10.2 Å². The lowest BCUT2D eigenvalue weighted by atomic mass is 9.94. The molecule has 2 nitrogen and oxygen atoms in total. The highest BCUT2D eigenvalue weighted by Gasteiger charge is 2.10. The largest absolute Gasteiger partial charge is 0.396 e. The Balaban J connectivity index is 3.24. The quantitative estimate of drug-likeness (QED) is 0.0619. The van der Waals surface area contributed by atoms with Crippen molar-refractivity contribution < 1.29 is 10.2 Å². The molecule has 0 radical (unpaired) electrons. The second kappa shape index (κ2) is 45.1. The average molecular weight is 707 g/mol. The molecule has 2 heteroatoms. The average Bonchev–Trinajstić information content (AvgIpc) is 3.11. The van der Waals surface area contributed by atoms with Crippen LogP contribution in [0.3, 0.4) is 0 Å². The molecule has 0 aromatic heterocycles. The van der Waals surface area contributed by atoms with Crippen molar-refractivity contribution in [2.24, 2.45) is 5.92 Å². The summed E-state index contributed by atoms with van der Waals surface area (Å²) in [6.07, 6.45) is 59.6. The molecule has 0 aromatic rings. The monoisotopic (exact) mass is 707 g/mol. The van der Waals surface area contributed by atoms with Crippen molar-refractivity contribution in [2.75, 3.05) is 6.61 Å². The number of aliphatic hydroxyl groups is 2. The maximum absolute atomic E-state index is 10.5. The number of aliphatic hydroxyl groups excluding tert-OH is 2. The third-order valence-electron chi connectivity index (χ3n) is 11.7. The lowest BCUT2D eigenvalue weighted by Gasteiger charge is -2.16. The van der Waals surface area contributed by atoms with Gasteiger partial charge in [-0.2, -0.15) is 0 Å². The van der Waals surface area contributed by atoms with E-state index in [-0.39, 0.29) is 6.10 Å². The van der Waals surface area contributed by atoms with Crippen LogP contribution in [0.5, 0.6) is 0 Å². The highest BCUT2D eigenvalue weighted by atomic mass is 16.3. The fourth-order valence-corrected chi connectivity index (χ4v) is 8.12. The predicted octanol–water partition coefficient (Wildman–Crippen LogP) is 16.8. The summed E-state index contributed by atoms with van der Waals surface area (Å²) in [7, 11) is 0. The molecule has 0 rings (SSSR count). The second-order valence-electron chi connectivity index (χ2n) is 17.1. The summed E-state index contributed by atoms with van der Waals surface area (Å²) in [5, 5.41) is 19.4. The summed E-state index contributed by atoms with van der Waals surface area (Å²) >= 11 is 0. The van der Waals surface area contributed by atoms with Gasteiger partial charge in [0.15, 0.2) is 0 Å². The number of hydrogen-bond acceptors (Lipinski definition) is 2. The van der Waals surface area contributed by atoms with Gasteiger partial charge in [0.2, 0.25) is 0 Å². The second-order valence-corrected chi connectivity index (χ2v) is 17.1. The van der Waals surface area contributed by atoms with Crippen LogP contribution < -0.4 is 0 Å². The summed E-state index contributed by atoms with van der Waals surface area (Å²) in [5.41, 5.74) is 0. The lowest BCUT2D eigenvalue weighted by molar-refractivity contribution is 0.130. The van der Waals surface area contributed by atoms with Gasteiger partial charge in [-0.15, -0.1) is 0 Å². The van der Waals surface area contributed by atoms with Crippen molar-refractivity contribution in [1.29, 1.82) is 0 Å². The summed E-state index contributed by atoms with van der Waals surface area (Å²) in [5.74, 6) is 0.683. The van der Waals surface area contributed by atoms with E-state index in [2.05, 4.69) is 13.8 Å².